The fraction of sp³-hybridized carbons (Fsp3) is 0.917. The molecule has 1 amide bonds. The largest absolute Gasteiger partial charge is 0.396 e. The second-order valence-corrected chi connectivity index (χ2v) is 5.78. The van der Waals surface area contributed by atoms with Crippen molar-refractivity contribution in [2.75, 3.05) is 32.8 Å². The molecule has 92 valence electrons. The molecule has 4 heteroatoms. The third-order valence-electron chi connectivity index (χ3n) is 4.09. The lowest BCUT2D eigenvalue weighted by molar-refractivity contribution is -0.134. The summed E-state index contributed by atoms with van der Waals surface area (Å²) in [6.45, 7) is 7.73. The Morgan fingerprint density at radius 1 is 1.56 bits per heavy atom. The molecule has 0 radical (unpaired) electrons. The van der Waals surface area contributed by atoms with Crippen LogP contribution in [-0.4, -0.2) is 48.7 Å². The quantitative estimate of drug-likeness (QED) is 0.701. The molecule has 0 aromatic carbocycles. The van der Waals surface area contributed by atoms with E-state index in [-0.39, 0.29) is 29.8 Å². The lowest BCUT2D eigenvalue weighted by Gasteiger charge is -2.23. The van der Waals surface area contributed by atoms with Gasteiger partial charge in [0.15, 0.2) is 0 Å². The molecule has 2 N–H and O–H groups in total. The number of carbonyl (C=O) groups excluding carboxylic acids is 1. The summed E-state index contributed by atoms with van der Waals surface area (Å²) in [5, 5.41) is 12.5. The van der Waals surface area contributed by atoms with Crippen LogP contribution in [0.1, 0.15) is 20.3 Å². The van der Waals surface area contributed by atoms with E-state index in [2.05, 4.69) is 19.2 Å². The van der Waals surface area contributed by atoms with Crippen LogP contribution >= 0.6 is 0 Å². The van der Waals surface area contributed by atoms with Gasteiger partial charge in [-0.1, -0.05) is 13.8 Å². The maximum absolute atomic E-state index is 12.2. The number of amides is 1. The summed E-state index contributed by atoms with van der Waals surface area (Å²) in [5.74, 6) is 0.660. The Hall–Kier alpha value is -0.610. The molecule has 4 nitrogen and oxygen atoms in total. The number of nitrogens with one attached hydrogen (secondary N) is 1. The number of rotatable bonds is 2. The van der Waals surface area contributed by atoms with Gasteiger partial charge < -0.3 is 15.3 Å². The zero-order valence-corrected chi connectivity index (χ0v) is 10.2. The first-order valence-electron chi connectivity index (χ1n) is 6.15. The van der Waals surface area contributed by atoms with Crippen molar-refractivity contribution in [2.24, 2.45) is 17.3 Å². The molecule has 2 rings (SSSR count). The van der Waals surface area contributed by atoms with Crippen LogP contribution < -0.4 is 5.32 Å². The molecule has 2 fully saturated rings. The maximum Gasteiger partial charge on any atom is 0.227 e. The van der Waals surface area contributed by atoms with Crippen molar-refractivity contribution >= 4 is 5.91 Å². The molecule has 0 aromatic rings. The van der Waals surface area contributed by atoms with Crippen LogP contribution in [0.15, 0.2) is 0 Å². The second-order valence-electron chi connectivity index (χ2n) is 5.78. The topological polar surface area (TPSA) is 52.6 Å². The zero-order chi connectivity index (χ0) is 11.8. The fourth-order valence-corrected chi connectivity index (χ4v) is 2.80. The number of nitrogens with zero attached hydrogens (tertiary/aromatic N) is 1. The first kappa shape index (κ1) is 11.9. The molecular weight excluding hydrogens is 204 g/mol. The van der Waals surface area contributed by atoms with Crippen LogP contribution in [0.25, 0.3) is 0 Å². The minimum Gasteiger partial charge on any atom is -0.396 e. The average molecular weight is 226 g/mol. The molecule has 0 aromatic heterocycles. The number of aliphatic hydroxyl groups excluding tert-OH is 1. The smallest absolute Gasteiger partial charge is 0.227 e. The summed E-state index contributed by atoms with van der Waals surface area (Å²) in [5.41, 5.74) is 0.0520. The van der Waals surface area contributed by atoms with Crippen molar-refractivity contribution in [1.82, 2.24) is 10.2 Å². The Labute approximate surface area is 97.0 Å². The van der Waals surface area contributed by atoms with Gasteiger partial charge in [-0.2, -0.15) is 0 Å². The van der Waals surface area contributed by atoms with Gasteiger partial charge in [0, 0.05) is 32.2 Å². The Morgan fingerprint density at radius 2 is 2.31 bits per heavy atom. The van der Waals surface area contributed by atoms with Gasteiger partial charge in [-0.3, -0.25) is 4.79 Å². The Morgan fingerprint density at radius 3 is 2.81 bits per heavy atom. The van der Waals surface area contributed by atoms with Crippen molar-refractivity contribution in [2.45, 2.75) is 20.3 Å². The first-order valence-corrected chi connectivity index (χ1v) is 6.15. The van der Waals surface area contributed by atoms with E-state index < -0.39 is 0 Å². The van der Waals surface area contributed by atoms with E-state index >= 15 is 0 Å². The molecule has 0 unspecified atom stereocenters. The number of likely N-dealkylation sites (tertiary alicyclic amines) is 1. The van der Waals surface area contributed by atoms with E-state index in [1.54, 1.807) is 0 Å². The first-order chi connectivity index (χ1) is 7.54. The number of hydrogen-bond donors (Lipinski definition) is 2. The van der Waals surface area contributed by atoms with E-state index in [1.807, 2.05) is 4.90 Å². The molecule has 0 saturated carbocycles. The highest BCUT2D eigenvalue weighted by Gasteiger charge is 2.42. The van der Waals surface area contributed by atoms with Crippen molar-refractivity contribution in [3.05, 3.63) is 0 Å². The van der Waals surface area contributed by atoms with Crippen molar-refractivity contribution < 1.29 is 9.90 Å². The van der Waals surface area contributed by atoms with Crippen LogP contribution in [-0.2, 0) is 4.79 Å². The molecule has 16 heavy (non-hydrogen) atoms. The summed E-state index contributed by atoms with van der Waals surface area (Å²) >= 11 is 0. The lowest BCUT2D eigenvalue weighted by Crippen LogP contribution is -2.36. The van der Waals surface area contributed by atoms with Gasteiger partial charge in [0.05, 0.1) is 5.92 Å². The van der Waals surface area contributed by atoms with E-state index in [1.165, 1.54) is 0 Å². The number of hydrogen-bond acceptors (Lipinski definition) is 3. The molecule has 2 atom stereocenters. The van der Waals surface area contributed by atoms with Crippen LogP contribution in [0.3, 0.4) is 0 Å². The van der Waals surface area contributed by atoms with Gasteiger partial charge in [-0.05, 0) is 18.4 Å². The molecule has 0 spiro atoms. The predicted molar refractivity (Wildman–Crippen MR) is 61.9 cm³/mol. The Bertz CT molecular complexity index is 272. The van der Waals surface area contributed by atoms with Crippen LogP contribution in [0, 0.1) is 17.3 Å². The summed E-state index contributed by atoms with van der Waals surface area (Å²) in [6.07, 6.45) is 0.958. The van der Waals surface area contributed by atoms with E-state index in [0.29, 0.717) is 0 Å². The molecular formula is C12H22N2O2. The van der Waals surface area contributed by atoms with Gasteiger partial charge >= 0.3 is 0 Å². The summed E-state index contributed by atoms with van der Waals surface area (Å²) < 4.78 is 0. The van der Waals surface area contributed by atoms with Crippen LogP contribution in [0.4, 0.5) is 0 Å². The van der Waals surface area contributed by atoms with E-state index in [0.717, 1.165) is 32.6 Å². The molecule has 2 heterocycles. The predicted octanol–water partition coefficient (Wildman–Crippen LogP) is 0.0728. The normalized spacial score (nSPS) is 33.3. The molecule has 0 aliphatic carbocycles. The van der Waals surface area contributed by atoms with Crippen LogP contribution in [0.5, 0.6) is 0 Å². The monoisotopic (exact) mass is 226 g/mol. The van der Waals surface area contributed by atoms with E-state index in [4.69, 9.17) is 0 Å². The third-order valence-corrected chi connectivity index (χ3v) is 4.09. The van der Waals surface area contributed by atoms with Gasteiger partial charge in [-0.25, -0.2) is 0 Å². The highest BCUT2D eigenvalue weighted by molar-refractivity contribution is 5.79. The minimum absolute atomic E-state index is 0.0520. The fourth-order valence-electron chi connectivity index (χ4n) is 2.80. The van der Waals surface area contributed by atoms with Gasteiger partial charge in [-0.15, -0.1) is 0 Å². The molecule has 2 saturated heterocycles. The summed E-state index contributed by atoms with van der Waals surface area (Å²) in [7, 11) is 0. The number of carbonyl (C=O) groups is 1. The van der Waals surface area contributed by atoms with E-state index in [9.17, 15) is 9.90 Å². The van der Waals surface area contributed by atoms with Crippen molar-refractivity contribution in [3.8, 4) is 0 Å². The zero-order valence-electron chi connectivity index (χ0n) is 10.2. The third kappa shape index (κ3) is 2.09. The Kier molecular flexibility index (Phi) is 3.22. The second kappa shape index (κ2) is 4.34. The maximum atomic E-state index is 12.2. The summed E-state index contributed by atoms with van der Waals surface area (Å²) in [4.78, 5) is 14.1. The molecule has 2 aliphatic heterocycles. The van der Waals surface area contributed by atoms with Crippen molar-refractivity contribution in [3.63, 3.8) is 0 Å². The Balaban J connectivity index is 1.99. The van der Waals surface area contributed by atoms with Crippen molar-refractivity contribution in [1.29, 1.82) is 0 Å². The number of aliphatic hydroxyl groups is 1. The lowest BCUT2D eigenvalue weighted by atomic mass is 9.83. The molecule has 2 aliphatic rings. The SMILES string of the molecule is CC1(C)CN(C(=O)[C@H]2CCNC2)C[C@@H]1CO. The van der Waals surface area contributed by atoms with Gasteiger partial charge in [0.25, 0.3) is 0 Å². The average Bonchev–Trinajstić information content (AvgIpc) is 2.83. The molecule has 0 bridgehead atoms. The van der Waals surface area contributed by atoms with Gasteiger partial charge in [0.1, 0.15) is 0 Å². The summed E-state index contributed by atoms with van der Waals surface area (Å²) in [6, 6.07) is 0. The van der Waals surface area contributed by atoms with Crippen LogP contribution in [0.2, 0.25) is 0 Å². The van der Waals surface area contributed by atoms with Gasteiger partial charge in [0.2, 0.25) is 5.91 Å². The highest BCUT2D eigenvalue weighted by atomic mass is 16.3. The highest BCUT2D eigenvalue weighted by Crippen LogP contribution is 2.35. The standard InChI is InChI=1S/C12H22N2O2/c1-12(2)8-14(6-10(12)7-15)11(16)9-3-4-13-5-9/h9-10,13,15H,3-8H2,1-2H3/t9-,10+/m0/s1. The minimum atomic E-state index is 0.0520.